The molecule has 30 heavy (non-hydrogen) atoms. The van der Waals surface area contributed by atoms with Crippen LogP contribution in [-0.2, 0) is 6.54 Å². The molecule has 1 saturated carbocycles. The zero-order valence-corrected chi connectivity index (χ0v) is 16.0. The van der Waals surface area contributed by atoms with E-state index in [-0.39, 0.29) is 13.5 Å². The highest BCUT2D eigenvalue weighted by atomic mass is 19.2. The molecule has 1 aliphatic carbocycles. The molecule has 0 unspecified atom stereocenters. The molecule has 1 aliphatic rings. The fraction of sp³-hybridized carbons (Fsp3) is 0.174. The molecule has 5 nitrogen and oxygen atoms in total. The van der Waals surface area contributed by atoms with Crippen LogP contribution in [0.25, 0.3) is 10.9 Å². The molecule has 7 heteroatoms. The minimum Gasteiger partial charge on any atom is -0.319 e. The summed E-state index contributed by atoms with van der Waals surface area (Å²) < 4.78 is 28.1. The summed E-state index contributed by atoms with van der Waals surface area (Å²) in [5.74, 6) is -1.11. The van der Waals surface area contributed by atoms with Gasteiger partial charge < -0.3 is 9.88 Å². The standard InChI is InChI=1S/C23H18F2N4O.H2/c24-18-9-8-17-15(12-20(30)28-22(17)21(18)25)13-29(23-26-10-3-11-27-23)19-5-2-1-4-16(19)14-6-7-14;/h1-5,8-12,14H,6-7,13H2,(H,28,30);1H. The number of fused-ring (bicyclic) bond motifs is 1. The summed E-state index contributed by atoms with van der Waals surface area (Å²) in [5.41, 5.74) is 2.07. The van der Waals surface area contributed by atoms with Crippen molar-refractivity contribution in [2.24, 2.45) is 0 Å². The number of hydrogen-bond donors (Lipinski definition) is 1. The van der Waals surface area contributed by atoms with Crippen LogP contribution in [0.3, 0.4) is 0 Å². The summed E-state index contributed by atoms with van der Waals surface area (Å²) in [4.78, 5) is 25.3. The summed E-state index contributed by atoms with van der Waals surface area (Å²) in [6.07, 6.45) is 5.55. The van der Waals surface area contributed by atoms with E-state index in [4.69, 9.17) is 0 Å². The fourth-order valence-corrected chi connectivity index (χ4v) is 3.80. The number of aromatic amines is 1. The first kappa shape index (κ1) is 18.4. The number of halogens is 2. The molecule has 0 amide bonds. The minimum absolute atomic E-state index is 0. The lowest BCUT2D eigenvalue weighted by atomic mass is 10.0. The number of benzene rings is 2. The third kappa shape index (κ3) is 3.32. The Morgan fingerprint density at radius 1 is 1.07 bits per heavy atom. The SMILES string of the molecule is O=c1cc(CN(c2ncccn2)c2ccccc2C2CC2)c2ccc(F)c(F)c2[nH]1.[HH]. The van der Waals surface area contributed by atoms with E-state index in [1.54, 1.807) is 18.5 Å². The molecule has 1 N–H and O–H groups in total. The third-order valence-corrected chi connectivity index (χ3v) is 5.36. The van der Waals surface area contributed by atoms with Crippen molar-refractivity contribution in [2.45, 2.75) is 25.3 Å². The number of nitrogens with one attached hydrogen (secondary N) is 1. The summed E-state index contributed by atoms with van der Waals surface area (Å²) in [6.45, 7) is 0.235. The van der Waals surface area contributed by atoms with Gasteiger partial charge in [-0.2, -0.15) is 0 Å². The van der Waals surface area contributed by atoms with E-state index in [0.717, 1.165) is 24.6 Å². The molecule has 2 heterocycles. The predicted octanol–water partition coefficient (Wildman–Crippen LogP) is 5.06. The largest absolute Gasteiger partial charge is 0.319 e. The van der Waals surface area contributed by atoms with Gasteiger partial charge in [-0.15, -0.1) is 0 Å². The molecule has 0 aliphatic heterocycles. The van der Waals surface area contributed by atoms with Crippen molar-refractivity contribution in [2.75, 3.05) is 4.90 Å². The molecule has 152 valence electrons. The van der Waals surface area contributed by atoms with Crippen molar-refractivity contribution in [1.29, 1.82) is 0 Å². The smallest absolute Gasteiger partial charge is 0.248 e. The number of aromatic nitrogens is 3. The summed E-state index contributed by atoms with van der Waals surface area (Å²) >= 11 is 0. The Morgan fingerprint density at radius 3 is 2.60 bits per heavy atom. The van der Waals surface area contributed by atoms with Crippen molar-refractivity contribution < 1.29 is 10.2 Å². The van der Waals surface area contributed by atoms with Crippen LogP contribution in [0.5, 0.6) is 0 Å². The van der Waals surface area contributed by atoms with E-state index in [2.05, 4.69) is 21.0 Å². The predicted molar refractivity (Wildman–Crippen MR) is 113 cm³/mol. The molecular weight excluding hydrogens is 386 g/mol. The van der Waals surface area contributed by atoms with E-state index < -0.39 is 17.2 Å². The quantitative estimate of drug-likeness (QED) is 0.503. The number of H-pyrrole nitrogens is 1. The molecule has 5 rings (SSSR count). The van der Waals surface area contributed by atoms with Gasteiger partial charge in [0, 0.05) is 31.0 Å². The van der Waals surface area contributed by atoms with Gasteiger partial charge in [-0.1, -0.05) is 18.2 Å². The Balaban J connectivity index is 0.00000231. The Kier molecular flexibility index (Phi) is 4.50. The van der Waals surface area contributed by atoms with Crippen molar-refractivity contribution >= 4 is 22.5 Å². The maximum absolute atomic E-state index is 14.3. The van der Waals surface area contributed by atoms with Gasteiger partial charge in [0.05, 0.1) is 12.1 Å². The lowest BCUT2D eigenvalue weighted by Gasteiger charge is -2.26. The Labute approximate surface area is 172 Å². The van der Waals surface area contributed by atoms with Gasteiger partial charge >= 0.3 is 0 Å². The molecule has 0 bridgehead atoms. The topological polar surface area (TPSA) is 61.9 Å². The molecule has 2 aromatic heterocycles. The van der Waals surface area contributed by atoms with E-state index in [9.17, 15) is 13.6 Å². The highest BCUT2D eigenvalue weighted by molar-refractivity contribution is 5.83. The second-order valence-corrected chi connectivity index (χ2v) is 7.41. The monoisotopic (exact) mass is 406 g/mol. The molecule has 0 spiro atoms. The zero-order chi connectivity index (χ0) is 20.7. The van der Waals surface area contributed by atoms with Crippen LogP contribution in [0.2, 0.25) is 0 Å². The Hall–Kier alpha value is -3.61. The van der Waals surface area contributed by atoms with Crippen LogP contribution in [0.1, 0.15) is 31.3 Å². The summed E-state index contributed by atoms with van der Waals surface area (Å²) in [5, 5.41) is 0.443. The molecule has 1 fully saturated rings. The molecular formula is C23H20F2N4O. The van der Waals surface area contributed by atoms with Gasteiger partial charge in [0.1, 0.15) is 0 Å². The van der Waals surface area contributed by atoms with Crippen LogP contribution in [0, 0.1) is 11.6 Å². The van der Waals surface area contributed by atoms with Crippen molar-refractivity contribution in [3.8, 4) is 0 Å². The average molecular weight is 406 g/mol. The van der Waals surface area contributed by atoms with Crippen LogP contribution in [0.4, 0.5) is 20.4 Å². The first-order valence-corrected chi connectivity index (χ1v) is 9.75. The van der Waals surface area contributed by atoms with Crippen molar-refractivity contribution in [1.82, 2.24) is 15.0 Å². The van der Waals surface area contributed by atoms with Gasteiger partial charge in [-0.05, 0) is 54.2 Å². The minimum atomic E-state index is -1.06. The third-order valence-electron chi connectivity index (χ3n) is 5.36. The number of nitrogens with zero attached hydrogens (tertiary/aromatic N) is 3. The second kappa shape index (κ2) is 7.33. The van der Waals surface area contributed by atoms with Gasteiger partial charge in [-0.3, -0.25) is 4.79 Å². The number of rotatable bonds is 5. The normalized spacial score (nSPS) is 13.5. The van der Waals surface area contributed by atoms with E-state index >= 15 is 0 Å². The van der Waals surface area contributed by atoms with Crippen LogP contribution in [-0.4, -0.2) is 15.0 Å². The van der Waals surface area contributed by atoms with Crippen molar-refractivity contribution in [3.05, 3.63) is 94.0 Å². The summed E-state index contributed by atoms with van der Waals surface area (Å²) in [7, 11) is 0. The average Bonchev–Trinajstić information content (AvgIpc) is 3.61. The van der Waals surface area contributed by atoms with Crippen LogP contribution >= 0.6 is 0 Å². The van der Waals surface area contributed by atoms with E-state index in [1.165, 1.54) is 17.7 Å². The molecule has 4 aromatic rings. The number of hydrogen-bond acceptors (Lipinski definition) is 4. The second-order valence-electron chi connectivity index (χ2n) is 7.41. The van der Waals surface area contributed by atoms with Gasteiger partial charge in [-0.25, -0.2) is 18.7 Å². The Bertz CT molecular complexity index is 1290. The van der Waals surface area contributed by atoms with Crippen LogP contribution in [0.15, 0.2) is 65.7 Å². The lowest BCUT2D eigenvalue weighted by Crippen LogP contribution is -2.22. The van der Waals surface area contributed by atoms with Gasteiger partial charge in [0.15, 0.2) is 11.6 Å². The molecule has 0 atom stereocenters. The molecule has 2 aromatic carbocycles. The number of anilines is 2. The maximum atomic E-state index is 14.3. The molecule has 0 radical (unpaired) electrons. The van der Waals surface area contributed by atoms with Crippen LogP contribution < -0.4 is 10.5 Å². The van der Waals surface area contributed by atoms with E-state index in [1.807, 2.05) is 23.1 Å². The first-order valence-electron chi connectivity index (χ1n) is 9.75. The fourth-order valence-electron chi connectivity index (χ4n) is 3.80. The first-order chi connectivity index (χ1) is 14.6. The van der Waals surface area contributed by atoms with Gasteiger partial charge in [0.25, 0.3) is 0 Å². The number of para-hydroxylation sites is 1. The van der Waals surface area contributed by atoms with Crippen molar-refractivity contribution in [3.63, 3.8) is 0 Å². The zero-order valence-electron chi connectivity index (χ0n) is 16.0. The van der Waals surface area contributed by atoms with Gasteiger partial charge in [0.2, 0.25) is 11.5 Å². The highest BCUT2D eigenvalue weighted by Crippen LogP contribution is 2.45. The maximum Gasteiger partial charge on any atom is 0.248 e. The summed E-state index contributed by atoms with van der Waals surface area (Å²) in [6, 6.07) is 13.7. The lowest BCUT2D eigenvalue weighted by molar-refractivity contribution is 0.515. The Morgan fingerprint density at radius 2 is 1.83 bits per heavy atom. The van der Waals surface area contributed by atoms with E-state index in [0.29, 0.717) is 22.8 Å². The molecule has 0 saturated heterocycles. The highest BCUT2D eigenvalue weighted by Gasteiger charge is 2.28. The number of pyridine rings is 1.